The van der Waals surface area contributed by atoms with E-state index in [1.54, 1.807) is 12.1 Å². The molecular weight excluding hydrogens is 275 g/mol. The highest BCUT2D eigenvalue weighted by Gasteiger charge is 2.39. The van der Waals surface area contributed by atoms with Crippen molar-refractivity contribution in [3.63, 3.8) is 0 Å². The summed E-state index contributed by atoms with van der Waals surface area (Å²) in [6, 6.07) is 17.1. The Morgan fingerprint density at radius 2 is 1.59 bits per heavy atom. The van der Waals surface area contributed by atoms with E-state index in [4.69, 9.17) is 5.73 Å². The van der Waals surface area contributed by atoms with Crippen LogP contribution in [0.1, 0.15) is 36.9 Å². The highest BCUT2D eigenvalue weighted by atomic mass is 19.1. The van der Waals surface area contributed by atoms with E-state index in [9.17, 15) is 4.39 Å². The van der Waals surface area contributed by atoms with Gasteiger partial charge in [0.15, 0.2) is 0 Å². The minimum absolute atomic E-state index is 0.0203. The molecule has 2 atom stereocenters. The fourth-order valence-corrected chi connectivity index (χ4v) is 3.62. The molecule has 0 bridgehead atoms. The minimum atomic E-state index is -0.781. The molecule has 0 saturated carbocycles. The van der Waals surface area contributed by atoms with Gasteiger partial charge in [0.25, 0.3) is 0 Å². The average molecular weight is 298 g/mol. The molecule has 1 saturated heterocycles. The van der Waals surface area contributed by atoms with Crippen LogP contribution in [0.25, 0.3) is 0 Å². The summed E-state index contributed by atoms with van der Waals surface area (Å²) in [5.41, 5.74) is 7.66. The Labute approximate surface area is 131 Å². The standard InChI is InChI=1S/C19H23FN2/c1-19(21,16-11-5-6-12-17(16)20)18(22-13-7-8-14-22)15-9-3-2-4-10-15/h2-6,9-12,18H,7-8,13-14,21H2,1H3. The molecule has 22 heavy (non-hydrogen) atoms. The fourth-order valence-electron chi connectivity index (χ4n) is 3.62. The van der Waals surface area contributed by atoms with Crippen LogP contribution in [-0.4, -0.2) is 18.0 Å². The number of nitrogens with two attached hydrogens (primary N) is 1. The highest BCUT2D eigenvalue weighted by molar-refractivity contribution is 5.32. The normalized spacial score (nSPS) is 19.8. The highest BCUT2D eigenvalue weighted by Crippen LogP contribution is 2.39. The van der Waals surface area contributed by atoms with Crippen molar-refractivity contribution in [1.82, 2.24) is 4.90 Å². The Bertz CT molecular complexity index is 618. The summed E-state index contributed by atoms with van der Waals surface area (Å²) < 4.78 is 14.3. The largest absolute Gasteiger partial charge is 0.320 e. The van der Waals surface area contributed by atoms with E-state index in [-0.39, 0.29) is 11.9 Å². The lowest BCUT2D eigenvalue weighted by molar-refractivity contribution is 0.154. The van der Waals surface area contributed by atoms with Crippen LogP contribution in [-0.2, 0) is 5.54 Å². The molecule has 0 aliphatic carbocycles. The molecule has 0 amide bonds. The molecule has 2 aromatic rings. The third-order valence-electron chi connectivity index (χ3n) is 4.64. The van der Waals surface area contributed by atoms with Gasteiger partial charge in [-0.25, -0.2) is 4.39 Å². The monoisotopic (exact) mass is 298 g/mol. The number of benzene rings is 2. The topological polar surface area (TPSA) is 29.3 Å². The lowest BCUT2D eigenvalue weighted by Gasteiger charge is -2.41. The molecule has 1 aliphatic rings. The third kappa shape index (κ3) is 2.79. The van der Waals surface area contributed by atoms with Crippen molar-refractivity contribution < 1.29 is 4.39 Å². The molecule has 1 heterocycles. The van der Waals surface area contributed by atoms with Gasteiger partial charge in [0.1, 0.15) is 5.82 Å². The summed E-state index contributed by atoms with van der Waals surface area (Å²) in [5, 5.41) is 0. The smallest absolute Gasteiger partial charge is 0.128 e. The Kier molecular flexibility index (Phi) is 4.27. The average Bonchev–Trinajstić information content (AvgIpc) is 3.02. The van der Waals surface area contributed by atoms with Crippen LogP contribution in [0.4, 0.5) is 4.39 Å². The van der Waals surface area contributed by atoms with Gasteiger partial charge in [0.2, 0.25) is 0 Å². The van der Waals surface area contributed by atoms with Gasteiger partial charge >= 0.3 is 0 Å². The van der Waals surface area contributed by atoms with Crippen molar-refractivity contribution in [3.8, 4) is 0 Å². The first-order valence-corrected chi connectivity index (χ1v) is 7.93. The van der Waals surface area contributed by atoms with Crippen molar-refractivity contribution in [3.05, 3.63) is 71.5 Å². The molecule has 3 rings (SSSR count). The molecule has 0 radical (unpaired) electrons. The van der Waals surface area contributed by atoms with Crippen LogP contribution >= 0.6 is 0 Å². The van der Waals surface area contributed by atoms with Gasteiger partial charge in [-0.2, -0.15) is 0 Å². The lowest BCUT2D eigenvalue weighted by atomic mass is 9.80. The summed E-state index contributed by atoms with van der Waals surface area (Å²) in [6.45, 7) is 3.98. The summed E-state index contributed by atoms with van der Waals surface area (Å²) >= 11 is 0. The van der Waals surface area contributed by atoms with E-state index in [2.05, 4.69) is 17.0 Å². The molecule has 2 N–H and O–H groups in total. The van der Waals surface area contributed by atoms with Crippen LogP contribution in [0.15, 0.2) is 54.6 Å². The summed E-state index contributed by atoms with van der Waals surface area (Å²) in [6.07, 6.45) is 2.35. The second kappa shape index (κ2) is 6.19. The Balaban J connectivity index is 2.06. The van der Waals surface area contributed by atoms with Gasteiger partial charge in [-0.1, -0.05) is 48.5 Å². The number of rotatable bonds is 4. The molecule has 2 unspecified atom stereocenters. The van der Waals surface area contributed by atoms with Crippen molar-refractivity contribution in [1.29, 1.82) is 0 Å². The number of nitrogens with zero attached hydrogens (tertiary/aromatic N) is 1. The second-order valence-corrected chi connectivity index (χ2v) is 6.32. The quantitative estimate of drug-likeness (QED) is 0.929. The first-order chi connectivity index (χ1) is 10.6. The molecule has 2 nitrogen and oxygen atoms in total. The zero-order valence-corrected chi connectivity index (χ0v) is 13.0. The van der Waals surface area contributed by atoms with Gasteiger partial charge < -0.3 is 5.73 Å². The van der Waals surface area contributed by atoms with Gasteiger partial charge in [0.05, 0.1) is 11.6 Å². The van der Waals surface area contributed by atoms with E-state index in [0.29, 0.717) is 5.56 Å². The van der Waals surface area contributed by atoms with Gasteiger partial charge in [-0.05, 0) is 44.5 Å². The first-order valence-electron chi connectivity index (χ1n) is 7.93. The Hall–Kier alpha value is -1.71. The zero-order valence-electron chi connectivity index (χ0n) is 13.0. The predicted octanol–water partition coefficient (Wildman–Crippen LogP) is 3.84. The number of hydrogen-bond donors (Lipinski definition) is 1. The molecule has 3 heteroatoms. The summed E-state index contributed by atoms with van der Waals surface area (Å²) in [7, 11) is 0. The molecular formula is C19H23FN2. The third-order valence-corrected chi connectivity index (χ3v) is 4.64. The zero-order chi connectivity index (χ0) is 15.6. The minimum Gasteiger partial charge on any atom is -0.320 e. The van der Waals surface area contributed by atoms with E-state index in [1.807, 2.05) is 31.2 Å². The predicted molar refractivity (Wildman–Crippen MR) is 87.9 cm³/mol. The molecule has 0 aromatic heterocycles. The molecule has 2 aromatic carbocycles. The van der Waals surface area contributed by atoms with Crippen LogP contribution in [0.2, 0.25) is 0 Å². The van der Waals surface area contributed by atoms with E-state index in [0.717, 1.165) is 18.7 Å². The molecule has 1 fully saturated rings. The summed E-state index contributed by atoms with van der Waals surface area (Å²) in [4.78, 5) is 2.39. The second-order valence-electron chi connectivity index (χ2n) is 6.32. The van der Waals surface area contributed by atoms with Crippen LogP contribution < -0.4 is 5.73 Å². The van der Waals surface area contributed by atoms with E-state index in [1.165, 1.54) is 18.9 Å². The SMILES string of the molecule is CC(N)(c1ccccc1F)C(c1ccccc1)N1CCCC1. The van der Waals surface area contributed by atoms with Gasteiger partial charge in [0, 0.05) is 5.56 Å². The Morgan fingerprint density at radius 1 is 1.00 bits per heavy atom. The van der Waals surface area contributed by atoms with Crippen LogP contribution in [0.3, 0.4) is 0 Å². The lowest BCUT2D eigenvalue weighted by Crippen LogP contribution is -2.48. The van der Waals surface area contributed by atoms with Crippen molar-refractivity contribution >= 4 is 0 Å². The molecule has 0 spiro atoms. The van der Waals surface area contributed by atoms with Crippen molar-refractivity contribution in [2.45, 2.75) is 31.3 Å². The molecule has 1 aliphatic heterocycles. The Morgan fingerprint density at radius 3 is 2.23 bits per heavy atom. The maximum atomic E-state index is 14.3. The van der Waals surface area contributed by atoms with Gasteiger partial charge in [-0.15, -0.1) is 0 Å². The van der Waals surface area contributed by atoms with Crippen LogP contribution in [0, 0.1) is 5.82 Å². The number of halogens is 1. The maximum Gasteiger partial charge on any atom is 0.128 e. The van der Waals surface area contributed by atoms with Crippen molar-refractivity contribution in [2.24, 2.45) is 5.73 Å². The molecule has 116 valence electrons. The van der Waals surface area contributed by atoms with Crippen LogP contribution in [0.5, 0.6) is 0 Å². The number of likely N-dealkylation sites (tertiary alicyclic amines) is 1. The van der Waals surface area contributed by atoms with E-state index >= 15 is 0 Å². The first kappa shape index (κ1) is 15.2. The number of hydrogen-bond acceptors (Lipinski definition) is 2. The fraction of sp³-hybridized carbons (Fsp3) is 0.368. The van der Waals surface area contributed by atoms with E-state index < -0.39 is 5.54 Å². The van der Waals surface area contributed by atoms with Gasteiger partial charge in [-0.3, -0.25) is 4.90 Å². The maximum absolute atomic E-state index is 14.3. The summed E-state index contributed by atoms with van der Waals surface area (Å²) in [5.74, 6) is -0.229. The van der Waals surface area contributed by atoms with Crippen molar-refractivity contribution in [2.75, 3.05) is 13.1 Å².